The van der Waals surface area contributed by atoms with Crippen LogP contribution in [0.3, 0.4) is 0 Å². The van der Waals surface area contributed by atoms with E-state index in [9.17, 15) is 26.7 Å². The lowest BCUT2D eigenvalue weighted by molar-refractivity contribution is -0.200. The average Bonchev–Trinajstić information content (AvgIpc) is 3.10. The molecule has 0 spiro atoms. The largest absolute Gasteiger partial charge is 0.493 e. The first-order valence-corrected chi connectivity index (χ1v) is 7.58. The van der Waals surface area contributed by atoms with E-state index in [1.54, 1.807) is 12.3 Å². The van der Waals surface area contributed by atoms with Gasteiger partial charge >= 0.3 is 12.1 Å². The fraction of sp³-hybridized carbons (Fsp3) is 0.143. The van der Waals surface area contributed by atoms with E-state index in [1.165, 1.54) is 5.38 Å². The van der Waals surface area contributed by atoms with Crippen LogP contribution in [0.2, 0.25) is 0 Å². The van der Waals surface area contributed by atoms with Crippen molar-refractivity contribution in [1.82, 2.24) is 9.97 Å². The topological polar surface area (TPSA) is 58.2 Å². The molecule has 2 aromatic heterocycles. The van der Waals surface area contributed by atoms with Gasteiger partial charge in [0.15, 0.2) is 11.6 Å². The molecule has 0 atom stereocenters. The number of carbonyl (C=O) groups excluding carboxylic acids is 1. The quantitative estimate of drug-likeness (QED) is 0.544. The van der Waals surface area contributed by atoms with Gasteiger partial charge in [0.1, 0.15) is 0 Å². The van der Waals surface area contributed by atoms with Crippen molar-refractivity contribution < 1.29 is 31.6 Å². The highest BCUT2D eigenvalue weighted by Gasteiger charge is 2.43. The maximum absolute atomic E-state index is 13.3. The average molecular weight is 377 g/mol. The number of hydrogen-bond donors (Lipinski definition) is 1. The van der Waals surface area contributed by atoms with Crippen molar-refractivity contribution in [2.45, 2.75) is 13.1 Å². The van der Waals surface area contributed by atoms with Gasteiger partial charge in [-0.2, -0.15) is 13.2 Å². The summed E-state index contributed by atoms with van der Waals surface area (Å²) in [4.78, 5) is 22.0. The molecule has 3 rings (SSSR count). The van der Waals surface area contributed by atoms with Crippen LogP contribution in [0, 0.1) is 18.6 Å². The normalized spacial score (nSPS) is 11.8. The van der Waals surface area contributed by atoms with Crippen molar-refractivity contribution in [2.75, 3.05) is 5.06 Å². The Kier molecular flexibility index (Phi) is 4.11. The molecule has 25 heavy (non-hydrogen) atoms. The molecule has 0 aliphatic carbocycles. The van der Waals surface area contributed by atoms with E-state index in [0.717, 1.165) is 23.5 Å². The summed E-state index contributed by atoms with van der Waals surface area (Å²) in [5.41, 5.74) is 0.616. The number of thiophene rings is 1. The van der Waals surface area contributed by atoms with E-state index in [4.69, 9.17) is 0 Å². The second-order valence-electron chi connectivity index (χ2n) is 4.95. The van der Waals surface area contributed by atoms with Crippen molar-refractivity contribution in [3.63, 3.8) is 0 Å². The molecule has 1 N–H and O–H groups in total. The monoisotopic (exact) mass is 377 g/mol. The molecule has 2 heterocycles. The van der Waals surface area contributed by atoms with Crippen LogP contribution in [0.1, 0.15) is 5.56 Å². The number of halogens is 5. The number of fused-ring (bicyclic) bond motifs is 1. The maximum Gasteiger partial charge on any atom is 0.493 e. The van der Waals surface area contributed by atoms with Crippen molar-refractivity contribution in [1.29, 1.82) is 0 Å². The Labute approximate surface area is 140 Å². The van der Waals surface area contributed by atoms with E-state index in [-0.39, 0.29) is 22.7 Å². The third-order valence-corrected chi connectivity index (χ3v) is 4.01. The summed E-state index contributed by atoms with van der Waals surface area (Å²) in [6, 6.07) is 1.57. The highest BCUT2D eigenvalue weighted by molar-refractivity contribution is 7.08. The third-order valence-electron chi connectivity index (χ3n) is 3.16. The SMILES string of the molecule is Cc1cscc1N(OC(=O)C(F)(F)F)c1nc2cc(F)c(F)cc2[nH]1. The molecule has 0 saturated heterocycles. The minimum atomic E-state index is -5.23. The summed E-state index contributed by atoms with van der Waals surface area (Å²) < 4.78 is 64.2. The summed E-state index contributed by atoms with van der Waals surface area (Å²) in [7, 11) is 0. The standard InChI is InChI=1S/C14H8F5N3O2S/c1-6-4-25-5-11(6)22(24-12(23)14(17,18)19)13-20-9-2-7(15)8(16)3-10(9)21-13/h2-5H,1H3,(H,20,21). The lowest BCUT2D eigenvalue weighted by atomic mass is 10.3. The second-order valence-corrected chi connectivity index (χ2v) is 5.70. The molecular formula is C14H8F5N3O2S. The lowest BCUT2D eigenvalue weighted by Crippen LogP contribution is -2.33. The van der Waals surface area contributed by atoms with Gasteiger partial charge in [-0.25, -0.2) is 18.6 Å². The fourth-order valence-corrected chi connectivity index (χ4v) is 2.79. The predicted octanol–water partition coefficient (Wildman–Crippen LogP) is 4.37. The molecular weight excluding hydrogens is 369 g/mol. The molecule has 11 heteroatoms. The van der Waals surface area contributed by atoms with Crippen molar-refractivity contribution >= 4 is 40.0 Å². The second kappa shape index (κ2) is 5.99. The Morgan fingerprint density at radius 2 is 1.92 bits per heavy atom. The molecule has 1 aromatic carbocycles. The van der Waals surface area contributed by atoms with Crippen molar-refractivity contribution in [2.24, 2.45) is 0 Å². The van der Waals surface area contributed by atoms with Crippen LogP contribution in [-0.2, 0) is 9.63 Å². The van der Waals surface area contributed by atoms with E-state index in [0.29, 0.717) is 10.6 Å². The van der Waals surface area contributed by atoms with E-state index in [1.807, 2.05) is 0 Å². The van der Waals surface area contributed by atoms with Gasteiger partial charge in [0, 0.05) is 17.5 Å². The Balaban J connectivity index is 2.08. The highest BCUT2D eigenvalue weighted by atomic mass is 32.1. The zero-order valence-electron chi connectivity index (χ0n) is 12.3. The van der Waals surface area contributed by atoms with Crippen LogP contribution >= 0.6 is 11.3 Å². The Morgan fingerprint density at radius 3 is 2.52 bits per heavy atom. The number of aromatic nitrogens is 2. The number of aryl methyl sites for hydroxylation is 1. The molecule has 0 amide bonds. The van der Waals surface area contributed by atoms with Gasteiger partial charge in [-0.15, -0.1) is 16.4 Å². The van der Waals surface area contributed by atoms with Gasteiger partial charge in [0.25, 0.3) is 0 Å². The van der Waals surface area contributed by atoms with Gasteiger partial charge in [-0.3, -0.25) is 0 Å². The minimum absolute atomic E-state index is 0.0230. The zero-order chi connectivity index (χ0) is 18.4. The number of aromatic amines is 1. The van der Waals surface area contributed by atoms with Gasteiger partial charge in [-0.05, 0) is 17.9 Å². The molecule has 0 bridgehead atoms. The summed E-state index contributed by atoms with van der Waals surface area (Å²) in [6.45, 7) is 1.59. The lowest BCUT2D eigenvalue weighted by Gasteiger charge is -2.20. The Morgan fingerprint density at radius 1 is 1.24 bits per heavy atom. The highest BCUT2D eigenvalue weighted by Crippen LogP contribution is 2.33. The van der Waals surface area contributed by atoms with Crippen LogP contribution in [0.4, 0.5) is 33.6 Å². The first kappa shape index (κ1) is 17.1. The number of nitrogens with zero attached hydrogens (tertiary/aromatic N) is 2. The first-order chi connectivity index (χ1) is 11.7. The number of carbonyl (C=O) groups is 1. The van der Waals surface area contributed by atoms with Crippen LogP contribution in [0.15, 0.2) is 22.9 Å². The number of imidazole rings is 1. The van der Waals surface area contributed by atoms with E-state index >= 15 is 0 Å². The van der Waals surface area contributed by atoms with Crippen LogP contribution in [-0.4, -0.2) is 22.1 Å². The predicted molar refractivity (Wildman–Crippen MR) is 79.4 cm³/mol. The number of anilines is 2. The number of rotatable bonds is 3. The fourth-order valence-electron chi connectivity index (χ4n) is 1.99. The van der Waals surface area contributed by atoms with Gasteiger partial charge in [-0.1, -0.05) is 0 Å². The Hall–Kier alpha value is -2.69. The van der Waals surface area contributed by atoms with E-state index < -0.39 is 23.8 Å². The molecule has 0 fully saturated rings. The number of H-pyrrole nitrogens is 1. The van der Waals surface area contributed by atoms with Gasteiger partial charge in [0.05, 0.1) is 16.7 Å². The number of nitrogens with one attached hydrogen (secondary N) is 1. The number of benzene rings is 1. The number of hydrogen-bond acceptors (Lipinski definition) is 5. The molecule has 0 aliphatic rings. The maximum atomic E-state index is 13.3. The molecule has 0 unspecified atom stereocenters. The van der Waals surface area contributed by atoms with Gasteiger partial charge in [0.2, 0.25) is 5.95 Å². The molecule has 0 radical (unpaired) electrons. The Bertz CT molecular complexity index is 911. The van der Waals surface area contributed by atoms with Crippen LogP contribution in [0.5, 0.6) is 0 Å². The van der Waals surface area contributed by atoms with Crippen molar-refractivity contribution in [3.8, 4) is 0 Å². The van der Waals surface area contributed by atoms with E-state index in [2.05, 4.69) is 14.8 Å². The summed E-state index contributed by atoms with van der Waals surface area (Å²) in [5.74, 6) is -5.13. The van der Waals surface area contributed by atoms with Crippen molar-refractivity contribution in [3.05, 3.63) is 40.1 Å². The zero-order valence-corrected chi connectivity index (χ0v) is 13.1. The minimum Gasteiger partial charge on any atom is -0.324 e. The molecule has 0 saturated carbocycles. The molecule has 132 valence electrons. The van der Waals surface area contributed by atoms with Gasteiger partial charge < -0.3 is 9.82 Å². The summed E-state index contributed by atoms with van der Waals surface area (Å²) >= 11 is 1.16. The summed E-state index contributed by atoms with van der Waals surface area (Å²) in [6.07, 6.45) is -5.23. The smallest absolute Gasteiger partial charge is 0.324 e. The molecule has 0 aliphatic heterocycles. The summed E-state index contributed by atoms with van der Waals surface area (Å²) in [5, 5.41) is 3.59. The number of alkyl halides is 3. The van der Waals surface area contributed by atoms with Crippen LogP contribution in [0.25, 0.3) is 11.0 Å². The molecule has 3 aromatic rings. The first-order valence-electron chi connectivity index (χ1n) is 6.63. The molecule has 5 nitrogen and oxygen atoms in total. The third kappa shape index (κ3) is 3.27. The van der Waals surface area contributed by atoms with Crippen LogP contribution < -0.4 is 5.06 Å².